The third-order valence-corrected chi connectivity index (χ3v) is 19.4. The molecule has 4 aromatic heterocycles. The Balaban J connectivity index is 0.000000769. The third-order valence-electron chi connectivity index (χ3n) is 17.5. The Labute approximate surface area is 811 Å². The number of carboxylic acids is 1. The molecular formula is C90H95B2Br3Cl2F4LiN3NaO22. The molecule has 1 aliphatic rings. The summed E-state index contributed by atoms with van der Waals surface area (Å²) in [5.41, 5.74) is 18.8. The first kappa shape index (κ1) is 115. The average molecular weight is 2010 g/mol. The number of nitrogens with two attached hydrogens (primary N) is 2. The Hall–Kier alpha value is -8.96. The average Bonchev–Trinajstić information content (AvgIpc) is 1.68. The number of morpholine rings is 1. The number of carbonyl (C=O) groups is 5. The number of aliphatic hydroxyl groups excluding tert-OH is 1. The largest absolute Gasteiger partial charge is 1.00 e. The standard InChI is InChI=1S/C26H24FNO4.C19H16BrFO4.C10H12O3.C9H4BrFO3.C9H6BrFO2.C7H10BNO2.C5H9ClO2.C5H11NO.B.ClH.Li.Na.H2O.H/c1-2-30-24(29)14-19-7-3-4-9-23(19)32-16-20-13-22(18-8-5-6-17(12-18)15-28)26-21(25(20)27)10-11-31-26;1-2-23-17(22)10-12-5-3-4-6-16(12)25-11-13-9-15(20)19-14(18(13)21)7-8-24-19;1-2-13-10(12)7-8-5-3-4-6-9(8)11;10-6-3-5(9(12)13)7(11)4-1-2-14-8(4)6;10-7-3-5(4-12)8(11)6-1-2-13-9(6)7;9-5-6-2-1-3-7(4-6)8(10)11;1-4(2)3-8-5(6)7;1-6-2-4-7-5-3-6;;;;;;/h3-13H,2,14-16,28H2,1H3;3-9H,2,10-11H2,1H3;3-6,11H,2,7H2,1H3;1-3H,(H,12,13);1-3,12H,4H2;1-4,10-11H,5,9H2;4H,3H2,1-2H3;2-5H2,1H3;;1H;;;1H2;/q;;;;;;;;;;2*+1;;-1/p-1. The molecular weight excluding hydrogens is 1910 g/mol. The van der Waals surface area contributed by atoms with Crippen molar-refractivity contribution < 1.29 is 173 Å². The zero-order chi connectivity index (χ0) is 89.7. The van der Waals surface area contributed by atoms with E-state index in [1.54, 1.807) is 118 Å². The smallest absolute Gasteiger partial charge is 1.00 e. The maximum Gasteiger partial charge on any atom is 1.00 e. The molecule has 25 nitrogen and oxygen atoms in total. The van der Waals surface area contributed by atoms with Gasteiger partial charge < -0.3 is 99.5 Å². The molecule has 673 valence electrons. The van der Waals surface area contributed by atoms with Crippen LogP contribution in [0.5, 0.6) is 17.2 Å². The number of nitrogens with zero attached hydrogens (tertiary/aromatic N) is 1. The van der Waals surface area contributed by atoms with Crippen molar-refractivity contribution in [2.24, 2.45) is 17.4 Å². The van der Waals surface area contributed by atoms with Crippen molar-refractivity contribution in [2.75, 3.05) is 59.8 Å². The van der Waals surface area contributed by atoms with Crippen LogP contribution >= 0.6 is 71.8 Å². The first-order chi connectivity index (χ1) is 59.0. The van der Waals surface area contributed by atoms with E-state index in [9.17, 15) is 42.3 Å². The summed E-state index contributed by atoms with van der Waals surface area (Å²) in [6.07, 6.45) is 5.97. The summed E-state index contributed by atoms with van der Waals surface area (Å²) in [5.74, 6) is -2.71. The molecule has 14 rings (SSSR count). The first-order valence-corrected chi connectivity index (χ1v) is 41.0. The fourth-order valence-electron chi connectivity index (χ4n) is 11.5. The molecule has 0 unspecified atom stereocenters. The molecule has 0 atom stereocenters. The van der Waals surface area contributed by atoms with E-state index in [0.717, 1.165) is 48.6 Å². The number of aliphatic hydroxyl groups is 1. The van der Waals surface area contributed by atoms with Gasteiger partial charge in [-0.2, -0.15) is 0 Å². The fraction of sp³-hybridized carbons (Fsp3) is 0.256. The van der Waals surface area contributed by atoms with Crippen LogP contribution in [-0.2, 0) is 90.2 Å². The number of furan rings is 4. The molecule has 0 spiro atoms. The van der Waals surface area contributed by atoms with Gasteiger partial charge in [-0.3, -0.25) is 14.4 Å². The predicted molar refractivity (Wildman–Crippen MR) is 485 cm³/mol. The molecule has 9 aromatic carbocycles. The van der Waals surface area contributed by atoms with E-state index in [1.165, 1.54) is 49.3 Å². The number of hydrogen-bond acceptors (Lipinski definition) is 24. The first-order valence-electron chi connectivity index (χ1n) is 38.3. The number of carboxylic acid groups (broad SMARTS) is 1. The van der Waals surface area contributed by atoms with Crippen molar-refractivity contribution in [3.63, 3.8) is 0 Å². The van der Waals surface area contributed by atoms with Crippen molar-refractivity contribution in [1.82, 2.24) is 4.90 Å². The summed E-state index contributed by atoms with van der Waals surface area (Å²) < 4.78 is 115. The number of halogens is 9. The molecule has 38 heteroatoms. The molecule has 13 aromatic rings. The number of phenolic OH excluding ortho intramolecular Hbond substituents is 1. The molecule has 0 amide bonds. The monoisotopic (exact) mass is 2000 g/mol. The molecule has 0 bridgehead atoms. The van der Waals surface area contributed by atoms with E-state index >= 15 is 4.39 Å². The number of benzene rings is 9. The molecule has 1 fully saturated rings. The van der Waals surface area contributed by atoms with Crippen LogP contribution in [0.3, 0.4) is 0 Å². The van der Waals surface area contributed by atoms with Gasteiger partial charge in [-0.1, -0.05) is 111 Å². The number of aromatic carboxylic acids is 1. The van der Waals surface area contributed by atoms with Crippen LogP contribution in [0, 0.1) is 29.2 Å². The van der Waals surface area contributed by atoms with Crippen LogP contribution < -0.4 is 74.8 Å². The van der Waals surface area contributed by atoms with Gasteiger partial charge in [0, 0.05) is 85.1 Å². The second-order valence-corrected chi connectivity index (χ2v) is 29.7. The van der Waals surface area contributed by atoms with Gasteiger partial charge in [0.25, 0.3) is 0 Å². The van der Waals surface area contributed by atoms with Gasteiger partial charge in [0.1, 0.15) is 59.3 Å². The summed E-state index contributed by atoms with van der Waals surface area (Å²) in [5, 5.41) is 45.7. The molecule has 1 aliphatic heterocycles. The molecule has 128 heavy (non-hydrogen) atoms. The van der Waals surface area contributed by atoms with Gasteiger partial charge in [-0.25, -0.2) is 27.2 Å². The molecule has 5 heterocycles. The molecule has 1 saturated heterocycles. The summed E-state index contributed by atoms with van der Waals surface area (Å²) in [6, 6.07) is 47.9. The molecule has 3 radical (unpaired) electrons. The molecule has 0 aliphatic carbocycles. The topological polar surface area (TPSA) is 389 Å². The van der Waals surface area contributed by atoms with Gasteiger partial charge in [-0.05, 0) is 176 Å². The SMILES string of the molecule is CC(C)COC(=O)Cl.CCOC(=O)Cc1ccccc1O.CCOC(=O)Cc1ccccc1OCc1cc(-c2cccc(CN)c2)c2occc2c1F.CCOC(=O)Cc1ccccc1OCc1cc(Br)c2occc2c1F.CN1CCOCC1.Cl.NCc1cccc(B(O)O)c1.O=C(O)c1cc(Br)c2occc2c1F.OCc1cc(Br)c2occc2c1F.[B].[H-].[Li+].[Na+].[OH-]. The summed E-state index contributed by atoms with van der Waals surface area (Å²) in [6.45, 7) is 15.1. The van der Waals surface area contributed by atoms with Gasteiger partial charge in [-0.15, -0.1) is 12.4 Å². The number of rotatable bonds is 23. The minimum Gasteiger partial charge on any atom is -1.00 e. The van der Waals surface area contributed by atoms with E-state index in [2.05, 4.69) is 64.5 Å². The Kier molecular flexibility index (Phi) is 54.0. The summed E-state index contributed by atoms with van der Waals surface area (Å²) in [4.78, 5) is 57.4. The molecule has 10 N–H and O–H groups in total. The zero-order valence-corrected chi connectivity index (χ0v) is 79.6. The van der Waals surface area contributed by atoms with Crippen LogP contribution in [0.1, 0.15) is 90.9 Å². The predicted octanol–water partition coefficient (Wildman–Crippen LogP) is 12.5. The number of carbonyl (C=O) groups excluding carboxylic acids is 4. The maximum atomic E-state index is 15.2. The maximum absolute atomic E-state index is 15.2. The Morgan fingerprint density at radius 2 is 0.938 bits per heavy atom. The van der Waals surface area contributed by atoms with Crippen LogP contribution in [0.25, 0.3) is 55.0 Å². The second kappa shape index (κ2) is 60.1. The van der Waals surface area contributed by atoms with Crippen molar-refractivity contribution in [3.05, 3.63) is 282 Å². The van der Waals surface area contributed by atoms with Crippen LogP contribution in [0.2, 0.25) is 0 Å². The van der Waals surface area contributed by atoms with E-state index in [1.807, 2.05) is 62.4 Å². The van der Waals surface area contributed by atoms with Gasteiger partial charge in [0.15, 0.2) is 16.7 Å². The number of fused-ring (bicyclic) bond motifs is 4. The number of hydrogen-bond donors (Lipinski definition) is 7. The minimum atomic E-state index is -1.40. The fourth-order valence-corrected chi connectivity index (χ4v) is 13.2. The van der Waals surface area contributed by atoms with E-state index in [0.29, 0.717) is 142 Å². The summed E-state index contributed by atoms with van der Waals surface area (Å²) in [7, 11) is 0.712. The number of likely N-dealkylation sites (N-methyl/N-ethyl adjacent to an activating group) is 1. The van der Waals surface area contributed by atoms with E-state index in [-0.39, 0.29) is 161 Å². The van der Waals surface area contributed by atoms with Crippen molar-refractivity contribution in [1.29, 1.82) is 0 Å². The second-order valence-electron chi connectivity index (χ2n) is 26.8. The third kappa shape index (κ3) is 35.7. The zero-order valence-electron chi connectivity index (χ0n) is 72.3. The van der Waals surface area contributed by atoms with Gasteiger partial charge in [0.05, 0.1) is 131 Å². The number of phenols is 1. The van der Waals surface area contributed by atoms with Crippen LogP contribution in [-0.4, -0.2) is 140 Å². The summed E-state index contributed by atoms with van der Waals surface area (Å²) >= 11 is 14.6. The number of para-hydroxylation sites is 3. The Bertz CT molecular complexity index is 5650. The number of esters is 3. The van der Waals surface area contributed by atoms with E-state index in [4.69, 9.17) is 89.4 Å². The number of aromatic hydroxyl groups is 1. The Morgan fingerprint density at radius 1 is 0.539 bits per heavy atom. The number of ether oxygens (including phenoxy) is 7. The van der Waals surface area contributed by atoms with Crippen LogP contribution in [0.4, 0.5) is 22.4 Å². The van der Waals surface area contributed by atoms with Crippen molar-refractivity contribution in [3.8, 4) is 28.4 Å². The van der Waals surface area contributed by atoms with Gasteiger partial charge >= 0.3 is 84.8 Å². The Morgan fingerprint density at radius 3 is 1.35 bits per heavy atom. The van der Waals surface area contributed by atoms with E-state index < -0.39 is 36.0 Å². The quantitative estimate of drug-likeness (QED) is 0.0103. The normalized spacial score (nSPS) is 10.9. The van der Waals surface area contributed by atoms with Crippen molar-refractivity contribution in [2.45, 2.75) is 86.8 Å². The van der Waals surface area contributed by atoms with Gasteiger partial charge in [0.2, 0.25) is 0 Å². The van der Waals surface area contributed by atoms with Crippen LogP contribution in [0.15, 0.2) is 226 Å². The molecule has 0 saturated carbocycles. The van der Waals surface area contributed by atoms with Crippen molar-refractivity contribution >= 4 is 166 Å². The minimum absolute atomic E-state index is 0.